The second-order valence-electron chi connectivity index (χ2n) is 7.04. The first kappa shape index (κ1) is 17.3. The zero-order valence-electron chi connectivity index (χ0n) is 14.9. The molecule has 5 nitrogen and oxygen atoms in total. The van der Waals surface area contributed by atoms with Gasteiger partial charge in [-0.2, -0.15) is 0 Å². The normalized spacial score (nSPS) is 19.7. The Morgan fingerprint density at radius 1 is 1.42 bits per heavy atom. The van der Waals surface area contributed by atoms with Crippen LogP contribution in [0.25, 0.3) is 0 Å². The molecule has 0 amide bonds. The smallest absolute Gasteiger partial charge is 0.193 e. The number of nitrogens with one attached hydrogen (secondary N) is 1. The van der Waals surface area contributed by atoms with E-state index in [2.05, 4.69) is 10.2 Å². The summed E-state index contributed by atoms with van der Waals surface area (Å²) in [5.41, 5.74) is 0.592. The third-order valence-electron chi connectivity index (χ3n) is 5.30. The van der Waals surface area contributed by atoms with E-state index in [-0.39, 0.29) is 0 Å². The average Bonchev–Trinajstić information content (AvgIpc) is 3.22. The van der Waals surface area contributed by atoms with Crippen molar-refractivity contribution in [1.82, 2.24) is 10.2 Å². The van der Waals surface area contributed by atoms with Crippen LogP contribution >= 0.6 is 0 Å². The van der Waals surface area contributed by atoms with Crippen molar-refractivity contribution >= 4 is 5.96 Å². The Morgan fingerprint density at radius 3 is 3.00 bits per heavy atom. The summed E-state index contributed by atoms with van der Waals surface area (Å²) in [6.45, 7) is 7.61. The maximum Gasteiger partial charge on any atom is 0.193 e. The Balaban J connectivity index is 1.50. The number of ether oxygens (including phenoxy) is 1. The van der Waals surface area contributed by atoms with Crippen molar-refractivity contribution in [2.75, 3.05) is 39.4 Å². The monoisotopic (exact) mass is 333 g/mol. The van der Waals surface area contributed by atoms with Crippen molar-refractivity contribution in [2.45, 2.75) is 45.4 Å². The maximum atomic E-state index is 5.42. The molecule has 0 aromatic carbocycles. The molecule has 2 aliphatic rings. The summed E-state index contributed by atoms with van der Waals surface area (Å²) in [5, 5.41) is 3.55. The van der Waals surface area contributed by atoms with E-state index in [1.807, 2.05) is 19.1 Å². The molecule has 24 heavy (non-hydrogen) atoms. The molecule has 134 valence electrons. The van der Waals surface area contributed by atoms with E-state index >= 15 is 0 Å². The van der Waals surface area contributed by atoms with Gasteiger partial charge in [-0.25, -0.2) is 0 Å². The fourth-order valence-corrected chi connectivity index (χ4v) is 3.72. The lowest BCUT2D eigenvalue weighted by Gasteiger charge is -2.38. The van der Waals surface area contributed by atoms with E-state index in [1.54, 1.807) is 6.26 Å². The first-order chi connectivity index (χ1) is 11.8. The predicted octanol–water partition coefficient (Wildman–Crippen LogP) is 3.07. The molecule has 2 heterocycles. The summed E-state index contributed by atoms with van der Waals surface area (Å²) in [6.07, 6.45) is 9.13. The van der Waals surface area contributed by atoms with Crippen LogP contribution in [0.4, 0.5) is 0 Å². The summed E-state index contributed by atoms with van der Waals surface area (Å²) in [7, 11) is 0. The minimum absolute atomic E-state index is 0.592. The van der Waals surface area contributed by atoms with Gasteiger partial charge < -0.3 is 19.4 Å². The first-order valence-corrected chi connectivity index (χ1v) is 9.45. The molecule has 1 saturated carbocycles. The number of guanidine groups is 1. The van der Waals surface area contributed by atoms with Gasteiger partial charge in [-0.05, 0) is 50.2 Å². The van der Waals surface area contributed by atoms with Crippen molar-refractivity contribution in [3.8, 4) is 0 Å². The topological polar surface area (TPSA) is 50.0 Å². The van der Waals surface area contributed by atoms with E-state index in [0.29, 0.717) is 5.41 Å². The maximum absolute atomic E-state index is 5.42. The number of aliphatic imine (C=N–C) groups is 1. The highest BCUT2D eigenvalue weighted by Crippen LogP contribution is 2.47. The van der Waals surface area contributed by atoms with Crippen molar-refractivity contribution < 1.29 is 9.15 Å². The minimum atomic E-state index is 0.592. The van der Waals surface area contributed by atoms with Gasteiger partial charge in [0, 0.05) is 45.8 Å². The number of hydrogen-bond acceptors (Lipinski definition) is 3. The van der Waals surface area contributed by atoms with Crippen molar-refractivity contribution in [2.24, 2.45) is 10.4 Å². The molecular formula is C19H31N3O2. The third-order valence-corrected chi connectivity index (χ3v) is 5.30. The van der Waals surface area contributed by atoms with Crippen LogP contribution in [0, 0.1) is 5.41 Å². The van der Waals surface area contributed by atoms with Gasteiger partial charge in [-0.15, -0.1) is 0 Å². The molecule has 1 spiro atoms. The Labute approximate surface area is 145 Å². The largest absolute Gasteiger partial charge is 0.469 e. The van der Waals surface area contributed by atoms with Crippen LogP contribution < -0.4 is 5.32 Å². The van der Waals surface area contributed by atoms with Gasteiger partial charge in [0.05, 0.1) is 6.26 Å². The molecule has 0 bridgehead atoms. The van der Waals surface area contributed by atoms with E-state index < -0.39 is 0 Å². The number of furan rings is 1. The SMILES string of the molecule is CCOCCCN=C(NCCc1ccco1)N1CCC2(CCC2)C1. The van der Waals surface area contributed by atoms with Crippen LogP contribution in [0.15, 0.2) is 27.8 Å². The average molecular weight is 333 g/mol. The Bertz CT molecular complexity index is 509. The van der Waals surface area contributed by atoms with Gasteiger partial charge in [0.25, 0.3) is 0 Å². The number of hydrogen-bond donors (Lipinski definition) is 1. The van der Waals surface area contributed by atoms with Crippen molar-refractivity contribution in [3.63, 3.8) is 0 Å². The highest BCUT2D eigenvalue weighted by molar-refractivity contribution is 5.80. The second kappa shape index (κ2) is 8.56. The van der Waals surface area contributed by atoms with Gasteiger partial charge in [-0.3, -0.25) is 4.99 Å². The molecular weight excluding hydrogens is 302 g/mol. The molecule has 0 radical (unpaired) electrons. The molecule has 1 aromatic rings. The second-order valence-corrected chi connectivity index (χ2v) is 7.04. The molecule has 1 saturated heterocycles. The molecule has 2 fully saturated rings. The molecule has 1 aliphatic heterocycles. The van der Waals surface area contributed by atoms with Gasteiger partial charge in [-0.1, -0.05) is 6.42 Å². The van der Waals surface area contributed by atoms with E-state index in [4.69, 9.17) is 14.1 Å². The molecule has 1 aromatic heterocycles. The lowest BCUT2D eigenvalue weighted by Crippen LogP contribution is -2.43. The Kier molecular flexibility index (Phi) is 6.18. The van der Waals surface area contributed by atoms with Gasteiger partial charge in [0.15, 0.2) is 5.96 Å². The van der Waals surface area contributed by atoms with Crippen LogP contribution in [0.2, 0.25) is 0 Å². The zero-order chi connectivity index (χ0) is 16.7. The molecule has 0 unspecified atom stereocenters. The molecule has 0 atom stereocenters. The van der Waals surface area contributed by atoms with Crippen molar-refractivity contribution in [3.05, 3.63) is 24.2 Å². The number of likely N-dealkylation sites (tertiary alicyclic amines) is 1. The van der Waals surface area contributed by atoms with E-state index in [0.717, 1.165) is 57.4 Å². The summed E-state index contributed by atoms with van der Waals surface area (Å²) in [6, 6.07) is 3.97. The fourth-order valence-electron chi connectivity index (χ4n) is 3.72. The van der Waals surface area contributed by atoms with Crippen LogP contribution in [0.5, 0.6) is 0 Å². The van der Waals surface area contributed by atoms with Gasteiger partial charge in [0.1, 0.15) is 5.76 Å². The Morgan fingerprint density at radius 2 is 2.33 bits per heavy atom. The standard InChI is InChI=1S/C19H31N3O2/c1-2-23-14-5-11-20-18(21-12-7-17-6-3-15-24-17)22-13-10-19(16-22)8-4-9-19/h3,6,15H,2,4-5,7-14,16H2,1H3,(H,20,21). The molecule has 1 N–H and O–H groups in total. The lowest BCUT2D eigenvalue weighted by atomic mass is 9.68. The predicted molar refractivity (Wildman–Crippen MR) is 96.3 cm³/mol. The van der Waals surface area contributed by atoms with Gasteiger partial charge in [0.2, 0.25) is 0 Å². The quantitative estimate of drug-likeness (QED) is 0.451. The minimum Gasteiger partial charge on any atom is -0.469 e. The molecule has 3 rings (SSSR count). The van der Waals surface area contributed by atoms with Crippen LogP contribution in [0.1, 0.15) is 44.8 Å². The highest BCUT2D eigenvalue weighted by atomic mass is 16.5. The summed E-state index contributed by atoms with van der Waals surface area (Å²) in [4.78, 5) is 7.30. The fraction of sp³-hybridized carbons (Fsp3) is 0.737. The van der Waals surface area contributed by atoms with Crippen molar-refractivity contribution in [1.29, 1.82) is 0 Å². The van der Waals surface area contributed by atoms with Crippen LogP contribution in [0.3, 0.4) is 0 Å². The zero-order valence-corrected chi connectivity index (χ0v) is 14.9. The lowest BCUT2D eigenvalue weighted by molar-refractivity contribution is 0.146. The molecule has 1 aliphatic carbocycles. The molecule has 5 heteroatoms. The Hall–Kier alpha value is -1.49. The van der Waals surface area contributed by atoms with Crippen LogP contribution in [-0.4, -0.2) is 50.3 Å². The summed E-state index contributed by atoms with van der Waals surface area (Å²) < 4.78 is 10.8. The first-order valence-electron chi connectivity index (χ1n) is 9.45. The highest BCUT2D eigenvalue weighted by Gasteiger charge is 2.43. The van der Waals surface area contributed by atoms with Crippen LogP contribution in [-0.2, 0) is 11.2 Å². The number of rotatable bonds is 8. The summed E-state index contributed by atoms with van der Waals surface area (Å²) >= 11 is 0. The van der Waals surface area contributed by atoms with E-state index in [9.17, 15) is 0 Å². The number of nitrogens with zero attached hydrogens (tertiary/aromatic N) is 2. The van der Waals surface area contributed by atoms with E-state index in [1.165, 1.54) is 32.2 Å². The third kappa shape index (κ3) is 4.53. The summed E-state index contributed by atoms with van der Waals surface area (Å²) in [5.74, 6) is 2.09. The van der Waals surface area contributed by atoms with Gasteiger partial charge >= 0.3 is 0 Å².